The summed E-state index contributed by atoms with van der Waals surface area (Å²) in [5.41, 5.74) is 1.28. The molecule has 14 heteroatoms. The van der Waals surface area contributed by atoms with E-state index in [1.165, 1.54) is 0 Å². The molecule has 1 heterocycles. The molecule has 0 N–H and O–H groups in total. The van der Waals surface area contributed by atoms with Crippen LogP contribution in [0.3, 0.4) is 0 Å². The van der Waals surface area contributed by atoms with Crippen LogP contribution >= 0.6 is 0 Å². The molecule has 46 heavy (non-hydrogen) atoms. The van der Waals surface area contributed by atoms with Crippen LogP contribution in [0.25, 0.3) is 0 Å². The zero-order valence-electron chi connectivity index (χ0n) is 26.1. The number of fused-ring (bicyclic) bond motifs is 2. The van der Waals surface area contributed by atoms with Crippen LogP contribution in [0.5, 0.6) is 23.0 Å². The number of rotatable bonds is 10. The fourth-order valence-corrected chi connectivity index (χ4v) is 3.88. The van der Waals surface area contributed by atoms with Gasteiger partial charge in [-0.05, 0) is 49.2 Å². The minimum absolute atomic E-state index is 0.0601. The van der Waals surface area contributed by atoms with E-state index < -0.39 is 36.7 Å². The van der Waals surface area contributed by atoms with Crippen LogP contribution in [0.1, 0.15) is 37.8 Å². The second-order valence-corrected chi connectivity index (χ2v) is 9.47. The third-order valence-electron chi connectivity index (χ3n) is 5.94. The Labute approximate surface area is 267 Å². The lowest BCUT2D eigenvalue weighted by molar-refractivity contribution is -0.156. The number of esters is 4. The van der Waals surface area contributed by atoms with Crippen molar-refractivity contribution >= 4 is 23.9 Å². The first-order valence-corrected chi connectivity index (χ1v) is 14.9. The van der Waals surface area contributed by atoms with E-state index in [0.29, 0.717) is 34.1 Å². The van der Waals surface area contributed by atoms with Crippen LogP contribution in [-0.2, 0) is 60.8 Å². The molecular formula is C32H40O14. The predicted molar refractivity (Wildman–Crippen MR) is 159 cm³/mol. The number of ether oxygens (including phenoxy) is 10. The van der Waals surface area contributed by atoms with E-state index in [2.05, 4.69) is 0 Å². The number of hydrogen-bond acceptors (Lipinski definition) is 14. The predicted octanol–water partition coefficient (Wildman–Crippen LogP) is 2.94. The molecule has 0 saturated carbocycles. The summed E-state index contributed by atoms with van der Waals surface area (Å²) in [4.78, 5) is 46.8. The smallest absolute Gasteiger partial charge is 0.317 e. The second kappa shape index (κ2) is 20.5. The highest BCUT2D eigenvalue weighted by Crippen LogP contribution is 2.30. The van der Waals surface area contributed by atoms with Crippen LogP contribution in [0, 0.1) is 0 Å². The molecule has 1 aliphatic heterocycles. The van der Waals surface area contributed by atoms with Crippen LogP contribution in [0.4, 0.5) is 0 Å². The Morgan fingerprint density at radius 2 is 0.848 bits per heavy atom. The summed E-state index contributed by atoms with van der Waals surface area (Å²) in [7, 11) is 0. The van der Waals surface area contributed by atoms with Gasteiger partial charge in [0, 0.05) is 0 Å². The van der Waals surface area contributed by atoms with E-state index in [1.54, 1.807) is 50.2 Å². The van der Waals surface area contributed by atoms with Crippen molar-refractivity contribution in [1.29, 1.82) is 0 Å². The van der Waals surface area contributed by atoms with Crippen molar-refractivity contribution in [2.24, 2.45) is 0 Å². The molecule has 0 aliphatic carbocycles. The molecule has 3 rings (SSSR count). The maximum atomic E-state index is 11.9. The van der Waals surface area contributed by atoms with Gasteiger partial charge < -0.3 is 47.4 Å². The van der Waals surface area contributed by atoms with Gasteiger partial charge in [0.15, 0.2) is 23.0 Å². The van der Waals surface area contributed by atoms with Crippen LogP contribution in [-0.4, -0.2) is 89.9 Å². The summed E-state index contributed by atoms with van der Waals surface area (Å²) < 4.78 is 54.7. The van der Waals surface area contributed by atoms with Gasteiger partial charge in [0.25, 0.3) is 0 Å². The fraction of sp³-hybridized carbons (Fsp3) is 0.500. The van der Waals surface area contributed by atoms with Crippen molar-refractivity contribution < 1.29 is 66.5 Å². The molecule has 14 nitrogen and oxygen atoms in total. The largest absolute Gasteiger partial charge is 0.487 e. The average molecular weight is 649 g/mol. The highest BCUT2D eigenvalue weighted by molar-refractivity contribution is 5.91. The SMILES string of the molecule is CCOC(=O)CC(=O)OCc1ccc2c(c1)OCCOCCOc1ccc(COC(=O)CC(=O)OCC)cc1OCCOCCO2. The van der Waals surface area contributed by atoms with Gasteiger partial charge in [0.1, 0.15) is 52.5 Å². The molecule has 0 fully saturated rings. The Morgan fingerprint density at radius 1 is 0.500 bits per heavy atom. The zero-order valence-corrected chi connectivity index (χ0v) is 26.1. The zero-order chi connectivity index (χ0) is 33.0. The van der Waals surface area contributed by atoms with E-state index in [4.69, 9.17) is 47.4 Å². The Balaban J connectivity index is 1.54. The summed E-state index contributed by atoms with van der Waals surface area (Å²) in [5, 5.41) is 0. The van der Waals surface area contributed by atoms with Crippen LogP contribution in [0.15, 0.2) is 36.4 Å². The van der Waals surface area contributed by atoms with Crippen molar-refractivity contribution in [3.05, 3.63) is 47.5 Å². The highest BCUT2D eigenvalue weighted by Gasteiger charge is 2.15. The quantitative estimate of drug-likeness (QED) is 0.210. The van der Waals surface area contributed by atoms with Gasteiger partial charge in [-0.25, -0.2) is 0 Å². The van der Waals surface area contributed by atoms with Crippen molar-refractivity contribution in [2.75, 3.05) is 66.1 Å². The lowest BCUT2D eigenvalue weighted by atomic mass is 10.2. The molecule has 0 atom stereocenters. The average Bonchev–Trinajstić information content (AvgIpc) is 3.03. The molecule has 0 unspecified atom stereocenters. The summed E-state index contributed by atoms with van der Waals surface area (Å²) in [6, 6.07) is 10.2. The lowest BCUT2D eigenvalue weighted by Gasteiger charge is -2.17. The number of hydrogen-bond donors (Lipinski definition) is 0. The first-order chi connectivity index (χ1) is 22.4. The number of benzene rings is 2. The summed E-state index contributed by atoms with van der Waals surface area (Å²) in [6.07, 6.45) is -0.928. The van der Waals surface area contributed by atoms with Gasteiger partial charge in [-0.1, -0.05) is 12.1 Å². The molecule has 0 saturated heterocycles. The maximum Gasteiger partial charge on any atom is 0.317 e. The lowest BCUT2D eigenvalue weighted by Crippen LogP contribution is -2.16. The van der Waals surface area contributed by atoms with Gasteiger partial charge in [0.05, 0.1) is 39.6 Å². The molecule has 0 amide bonds. The Kier molecular flexibility index (Phi) is 16.0. The molecule has 0 radical (unpaired) electrons. The van der Waals surface area contributed by atoms with E-state index in [9.17, 15) is 19.2 Å². The monoisotopic (exact) mass is 648 g/mol. The standard InChI is InChI=1S/C32H40O14/c1-3-39-29(33)19-31(35)45-21-23-5-7-25-27(17-23)43-15-11-37-10-14-42-26-8-6-24(22-46-32(36)20-30(34)40-4-2)18-28(26)44-16-12-38-9-13-41-25/h5-8,17-18H,3-4,9-16,19-22H2,1-2H3. The highest BCUT2D eigenvalue weighted by atomic mass is 16.6. The minimum atomic E-state index is -0.692. The van der Waals surface area contributed by atoms with Gasteiger partial charge in [-0.15, -0.1) is 0 Å². The number of carbonyl (C=O) groups excluding carboxylic acids is 4. The van der Waals surface area contributed by atoms with E-state index >= 15 is 0 Å². The van der Waals surface area contributed by atoms with Crippen molar-refractivity contribution in [2.45, 2.75) is 39.9 Å². The topological polar surface area (TPSA) is 161 Å². The van der Waals surface area contributed by atoms with E-state index in [-0.39, 0.29) is 79.3 Å². The molecule has 0 aromatic heterocycles. The van der Waals surface area contributed by atoms with E-state index in [0.717, 1.165) is 0 Å². The fourth-order valence-electron chi connectivity index (χ4n) is 3.88. The Bertz CT molecular complexity index is 1180. The molecule has 252 valence electrons. The van der Waals surface area contributed by atoms with Gasteiger partial charge in [-0.3, -0.25) is 19.2 Å². The van der Waals surface area contributed by atoms with Crippen molar-refractivity contribution in [3.63, 3.8) is 0 Å². The third-order valence-corrected chi connectivity index (χ3v) is 5.94. The molecule has 1 aliphatic rings. The maximum absolute atomic E-state index is 11.9. The van der Waals surface area contributed by atoms with Crippen molar-refractivity contribution in [1.82, 2.24) is 0 Å². The van der Waals surface area contributed by atoms with Gasteiger partial charge in [-0.2, -0.15) is 0 Å². The summed E-state index contributed by atoms with van der Waals surface area (Å²) in [6.45, 7) is 5.45. The normalized spacial score (nSPS) is 14.1. The van der Waals surface area contributed by atoms with Crippen LogP contribution in [0.2, 0.25) is 0 Å². The van der Waals surface area contributed by atoms with Gasteiger partial charge >= 0.3 is 23.9 Å². The van der Waals surface area contributed by atoms with Gasteiger partial charge in [0.2, 0.25) is 0 Å². The van der Waals surface area contributed by atoms with Crippen LogP contribution < -0.4 is 18.9 Å². The molecule has 0 bridgehead atoms. The molecule has 0 spiro atoms. The Morgan fingerprint density at radius 3 is 1.22 bits per heavy atom. The second-order valence-electron chi connectivity index (χ2n) is 9.47. The molecular weight excluding hydrogens is 608 g/mol. The third kappa shape index (κ3) is 13.6. The molecule has 2 aromatic rings. The molecule has 2 aromatic carbocycles. The first kappa shape index (κ1) is 35.9. The van der Waals surface area contributed by atoms with Crippen molar-refractivity contribution in [3.8, 4) is 23.0 Å². The summed E-state index contributed by atoms with van der Waals surface area (Å²) >= 11 is 0. The summed E-state index contributed by atoms with van der Waals surface area (Å²) in [5.74, 6) is -0.878. The first-order valence-electron chi connectivity index (χ1n) is 14.9. The van der Waals surface area contributed by atoms with E-state index in [1.807, 2.05) is 0 Å². The Hall–Kier alpha value is -4.56. The minimum Gasteiger partial charge on any atom is -0.487 e. The number of carbonyl (C=O) groups is 4.